The van der Waals surface area contributed by atoms with Crippen LogP contribution in [-0.4, -0.2) is 27.7 Å². The maximum atomic E-state index is 13.6. The lowest BCUT2D eigenvalue weighted by molar-refractivity contribution is 0.0520. The number of halogens is 2. The van der Waals surface area contributed by atoms with Gasteiger partial charge in [-0.05, 0) is 37.3 Å². The Labute approximate surface area is 148 Å². The van der Waals surface area contributed by atoms with Gasteiger partial charge in [-0.15, -0.1) is 0 Å². The van der Waals surface area contributed by atoms with Crippen LogP contribution in [0, 0.1) is 5.82 Å². The van der Waals surface area contributed by atoms with E-state index in [1.54, 1.807) is 25.1 Å². The molecule has 0 amide bonds. The van der Waals surface area contributed by atoms with E-state index in [0.717, 1.165) is 0 Å². The van der Waals surface area contributed by atoms with Crippen LogP contribution in [0.1, 0.15) is 34.8 Å². The fourth-order valence-corrected chi connectivity index (χ4v) is 2.81. The molecule has 1 unspecified atom stereocenters. The summed E-state index contributed by atoms with van der Waals surface area (Å²) in [4.78, 5) is 20.8. The van der Waals surface area contributed by atoms with Crippen molar-refractivity contribution in [2.75, 3.05) is 6.61 Å². The summed E-state index contributed by atoms with van der Waals surface area (Å²) in [5, 5.41) is 10.9. The molecule has 0 radical (unpaired) electrons. The van der Waals surface area contributed by atoms with Gasteiger partial charge in [-0.25, -0.2) is 14.2 Å². The Balaban J connectivity index is 2.26. The summed E-state index contributed by atoms with van der Waals surface area (Å²) in [5.41, 5.74) is 0.573. The van der Waals surface area contributed by atoms with E-state index >= 15 is 0 Å². The van der Waals surface area contributed by atoms with Gasteiger partial charge in [0.2, 0.25) is 0 Å². The van der Waals surface area contributed by atoms with Crippen molar-refractivity contribution in [3.05, 3.63) is 70.4 Å². The lowest BCUT2D eigenvalue weighted by atomic mass is 10.0. The summed E-state index contributed by atoms with van der Waals surface area (Å²) in [7, 11) is 0. The predicted molar refractivity (Wildman–Crippen MR) is 91.0 cm³/mol. The number of benzene rings is 1. The van der Waals surface area contributed by atoms with Crippen LogP contribution in [0.2, 0.25) is 5.02 Å². The maximum absolute atomic E-state index is 13.6. The zero-order valence-electron chi connectivity index (χ0n) is 13.2. The molecular formula is C18H14ClFN2O3. The molecule has 0 saturated heterocycles. The third-order valence-corrected chi connectivity index (χ3v) is 4.01. The van der Waals surface area contributed by atoms with E-state index in [9.17, 15) is 14.3 Å². The van der Waals surface area contributed by atoms with E-state index in [2.05, 4.69) is 9.97 Å². The van der Waals surface area contributed by atoms with Crippen LogP contribution in [0.4, 0.5) is 4.39 Å². The molecule has 1 N–H and O–H groups in total. The van der Waals surface area contributed by atoms with Crippen LogP contribution in [0.5, 0.6) is 0 Å². The Hall–Kier alpha value is -2.57. The van der Waals surface area contributed by atoms with Crippen LogP contribution in [0.15, 0.2) is 42.6 Å². The van der Waals surface area contributed by atoms with E-state index < -0.39 is 17.9 Å². The number of esters is 1. The number of hydrogen-bond acceptors (Lipinski definition) is 5. The molecule has 5 nitrogen and oxygen atoms in total. The molecule has 2 heterocycles. The van der Waals surface area contributed by atoms with E-state index in [0.29, 0.717) is 11.2 Å². The molecule has 0 fully saturated rings. The summed E-state index contributed by atoms with van der Waals surface area (Å²) < 4.78 is 18.6. The molecule has 0 aliphatic carbocycles. The SMILES string of the molecule is CCOC(=O)c1c(C(O)c2ccccn2)nc2ccc(F)cc2c1Cl. The Kier molecular flexibility index (Phi) is 4.92. The van der Waals surface area contributed by atoms with Crippen molar-refractivity contribution in [2.45, 2.75) is 13.0 Å². The molecule has 3 rings (SSSR count). The minimum absolute atomic E-state index is 0.0151. The van der Waals surface area contributed by atoms with Crippen molar-refractivity contribution in [3.63, 3.8) is 0 Å². The van der Waals surface area contributed by atoms with Gasteiger partial charge < -0.3 is 9.84 Å². The van der Waals surface area contributed by atoms with Crippen LogP contribution < -0.4 is 0 Å². The highest BCUT2D eigenvalue weighted by molar-refractivity contribution is 6.38. The zero-order valence-corrected chi connectivity index (χ0v) is 14.0. The first kappa shape index (κ1) is 17.3. The second kappa shape index (κ2) is 7.13. The van der Waals surface area contributed by atoms with Gasteiger partial charge >= 0.3 is 5.97 Å². The van der Waals surface area contributed by atoms with Crippen molar-refractivity contribution in [1.29, 1.82) is 0 Å². The van der Waals surface area contributed by atoms with Gasteiger partial charge in [-0.3, -0.25) is 4.98 Å². The van der Waals surface area contributed by atoms with Gasteiger partial charge in [-0.1, -0.05) is 17.7 Å². The Bertz CT molecular complexity index is 935. The van der Waals surface area contributed by atoms with Gasteiger partial charge in [0, 0.05) is 11.6 Å². The zero-order chi connectivity index (χ0) is 18.0. The van der Waals surface area contributed by atoms with Crippen LogP contribution in [0.3, 0.4) is 0 Å². The quantitative estimate of drug-likeness (QED) is 0.718. The number of aromatic nitrogens is 2. The van der Waals surface area contributed by atoms with Crippen LogP contribution in [0.25, 0.3) is 10.9 Å². The number of carbonyl (C=O) groups excluding carboxylic acids is 1. The van der Waals surface area contributed by atoms with Crippen molar-refractivity contribution >= 4 is 28.5 Å². The second-order valence-electron chi connectivity index (χ2n) is 5.23. The summed E-state index contributed by atoms with van der Waals surface area (Å²) >= 11 is 6.34. The molecule has 0 bridgehead atoms. The highest BCUT2D eigenvalue weighted by atomic mass is 35.5. The number of pyridine rings is 2. The summed E-state index contributed by atoms with van der Waals surface area (Å²) in [6, 6.07) is 8.85. The Morgan fingerprint density at radius 1 is 1.36 bits per heavy atom. The molecular weight excluding hydrogens is 347 g/mol. The molecule has 3 aromatic rings. The lowest BCUT2D eigenvalue weighted by Crippen LogP contribution is -2.15. The molecule has 0 saturated carbocycles. The molecule has 0 aliphatic rings. The fraction of sp³-hybridized carbons (Fsp3) is 0.167. The van der Waals surface area contributed by atoms with Gasteiger partial charge in [0.05, 0.1) is 28.5 Å². The number of carbonyl (C=O) groups is 1. The van der Waals surface area contributed by atoms with Crippen LogP contribution in [-0.2, 0) is 4.74 Å². The lowest BCUT2D eigenvalue weighted by Gasteiger charge is -2.16. The number of ether oxygens (including phenoxy) is 1. The standard InChI is InChI=1S/C18H14ClFN2O3/c1-2-25-18(24)14-15(19)11-9-10(20)6-7-12(11)22-16(14)17(23)13-5-3-4-8-21-13/h3-9,17,23H,2H2,1H3. The minimum Gasteiger partial charge on any atom is -0.462 e. The maximum Gasteiger partial charge on any atom is 0.341 e. The van der Waals surface area contributed by atoms with E-state index in [4.69, 9.17) is 16.3 Å². The number of fused-ring (bicyclic) bond motifs is 1. The topological polar surface area (TPSA) is 72.3 Å². The smallest absolute Gasteiger partial charge is 0.341 e. The van der Waals surface area contributed by atoms with Crippen molar-refractivity contribution in [3.8, 4) is 0 Å². The van der Waals surface area contributed by atoms with Gasteiger partial charge in [0.25, 0.3) is 0 Å². The van der Waals surface area contributed by atoms with E-state index in [-0.39, 0.29) is 28.3 Å². The molecule has 1 atom stereocenters. The number of aliphatic hydroxyl groups excluding tert-OH is 1. The third-order valence-electron chi connectivity index (χ3n) is 3.62. The average Bonchev–Trinajstić information content (AvgIpc) is 2.62. The Morgan fingerprint density at radius 2 is 2.16 bits per heavy atom. The third kappa shape index (κ3) is 3.31. The summed E-state index contributed by atoms with van der Waals surface area (Å²) in [6.45, 7) is 1.77. The monoisotopic (exact) mass is 360 g/mol. The van der Waals surface area contributed by atoms with Crippen molar-refractivity contribution in [1.82, 2.24) is 9.97 Å². The van der Waals surface area contributed by atoms with Crippen LogP contribution >= 0.6 is 11.6 Å². The largest absolute Gasteiger partial charge is 0.462 e. The Morgan fingerprint density at radius 3 is 2.84 bits per heavy atom. The number of aliphatic hydroxyl groups is 1. The molecule has 0 aliphatic heterocycles. The molecule has 2 aromatic heterocycles. The van der Waals surface area contributed by atoms with Gasteiger partial charge in [-0.2, -0.15) is 0 Å². The molecule has 1 aromatic carbocycles. The van der Waals surface area contributed by atoms with E-state index in [1.807, 2.05) is 0 Å². The normalized spacial score (nSPS) is 12.2. The first-order valence-electron chi connectivity index (χ1n) is 7.57. The number of hydrogen-bond donors (Lipinski definition) is 1. The summed E-state index contributed by atoms with van der Waals surface area (Å²) in [5.74, 6) is -1.25. The van der Waals surface area contributed by atoms with Gasteiger partial charge in [0.15, 0.2) is 0 Å². The summed E-state index contributed by atoms with van der Waals surface area (Å²) in [6.07, 6.45) is 0.230. The second-order valence-corrected chi connectivity index (χ2v) is 5.60. The minimum atomic E-state index is -1.28. The number of nitrogens with zero attached hydrogens (tertiary/aromatic N) is 2. The highest BCUT2D eigenvalue weighted by Crippen LogP contribution is 2.33. The molecule has 7 heteroatoms. The predicted octanol–water partition coefficient (Wildman–Crippen LogP) is 3.68. The molecule has 128 valence electrons. The van der Waals surface area contributed by atoms with Crippen molar-refractivity contribution < 1.29 is 19.0 Å². The average molecular weight is 361 g/mol. The molecule has 25 heavy (non-hydrogen) atoms. The highest BCUT2D eigenvalue weighted by Gasteiger charge is 2.27. The fourth-order valence-electron chi connectivity index (χ4n) is 2.49. The van der Waals surface area contributed by atoms with E-state index in [1.165, 1.54) is 24.4 Å². The first-order chi connectivity index (χ1) is 12.0. The van der Waals surface area contributed by atoms with Gasteiger partial charge in [0.1, 0.15) is 17.5 Å². The number of rotatable bonds is 4. The van der Waals surface area contributed by atoms with Crippen molar-refractivity contribution in [2.24, 2.45) is 0 Å². The first-order valence-corrected chi connectivity index (χ1v) is 7.95. The molecule has 0 spiro atoms.